The molecule has 0 nitrogen and oxygen atoms in total. The van der Waals surface area contributed by atoms with Gasteiger partial charge in [-0.05, 0) is 58.7 Å². The number of aryl methyl sites for hydroxylation is 2. The van der Waals surface area contributed by atoms with Gasteiger partial charge < -0.3 is 0 Å². The number of hydrogen-bond donors (Lipinski definition) is 0. The maximum absolute atomic E-state index is 14.6. The van der Waals surface area contributed by atoms with Crippen LogP contribution in [-0.4, -0.2) is 0 Å². The van der Waals surface area contributed by atoms with Gasteiger partial charge in [0.2, 0.25) is 0 Å². The van der Waals surface area contributed by atoms with Crippen LogP contribution in [-0.2, 0) is 12.8 Å². The molecule has 0 unspecified atom stereocenters. The van der Waals surface area contributed by atoms with Crippen molar-refractivity contribution in [2.45, 2.75) is 39.5 Å². The van der Waals surface area contributed by atoms with Gasteiger partial charge in [0, 0.05) is 15.1 Å². The summed E-state index contributed by atoms with van der Waals surface area (Å²) in [5.74, 6) is -0.121. The van der Waals surface area contributed by atoms with Crippen LogP contribution in [0.2, 0.25) is 0 Å². The topological polar surface area (TPSA) is 0 Å². The first-order valence-corrected chi connectivity index (χ1v) is 10.9. The van der Waals surface area contributed by atoms with E-state index in [0.29, 0.717) is 5.56 Å². The molecule has 0 aliphatic rings. The Kier molecular flexibility index (Phi) is 5.59. The van der Waals surface area contributed by atoms with Gasteiger partial charge in [-0.25, -0.2) is 4.39 Å². The smallest absolute Gasteiger partial charge is 0.132 e. The van der Waals surface area contributed by atoms with Crippen LogP contribution in [0.15, 0.2) is 66.7 Å². The summed E-state index contributed by atoms with van der Waals surface area (Å²) < 4.78 is 15.8. The lowest BCUT2D eigenvalue weighted by molar-refractivity contribution is 0.629. The van der Waals surface area contributed by atoms with Crippen LogP contribution in [0.5, 0.6) is 0 Å². The molecule has 3 aromatic carbocycles. The molecule has 0 saturated heterocycles. The van der Waals surface area contributed by atoms with E-state index >= 15 is 0 Å². The third-order valence-electron chi connectivity index (χ3n) is 5.18. The Morgan fingerprint density at radius 1 is 0.714 bits per heavy atom. The lowest BCUT2D eigenvalue weighted by Gasteiger charge is -2.04. The number of hydrogen-bond acceptors (Lipinski definition) is 1. The van der Waals surface area contributed by atoms with E-state index in [1.165, 1.54) is 33.2 Å². The first kappa shape index (κ1) is 18.9. The lowest BCUT2D eigenvalue weighted by Crippen LogP contribution is -1.87. The van der Waals surface area contributed by atoms with Gasteiger partial charge in [-0.15, -0.1) is 11.3 Å². The highest BCUT2D eigenvalue weighted by molar-refractivity contribution is 7.22. The molecule has 0 saturated carbocycles. The fraction of sp³-hybridized carbons (Fsp3) is 0.231. The van der Waals surface area contributed by atoms with E-state index in [1.807, 2.05) is 6.07 Å². The molecule has 28 heavy (non-hydrogen) atoms. The molecule has 0 spiro atoms. The molecule has 0 N–H and O–H groups in total. The molecule has 4 aromatic rings. The third kappa shape index (κ3) is 3.88. The average Bonchev–Trinajstić information content (AvgIpc) is 3.12. The van der Waals surface area contributed by atoms with Crippen molar-refractivity contribution in [2.24, 2.45) is 0 Å². The van der Waals surface area contributed by atoms with Crippen molar-refractivity contribution in [2.75, 3.05) is 0 Å². The highest BCUT2D eigenvalue weighted by Crippen LogP contribution is 2.37. The van der Waals surface area contributed by atoms with Crippen molar-refractivity contribution in [3.63, 3.8) is 0 Å². The van der Waals surface area contributed by atoms with E-state index in [1.54, 1.807) is 17.4 Å². The van der Waals surface area contributed by atoms with Gasteiger partial charge >= 0.3 is 0 Å². The van der Waals surface area contributed by atoms with E-state index in [0.717, 1.165) is 29.7 Å². The number of halogens is 1. The zero-order valence-corrected chi connectivity index (χ0v) is 17.3. The summed E-state index contributed by atoms with van der Waals surface area (Å²) >= 11 is 1.66. The second-order valence-electron chi connectivity index (χ2n) is 7.37. The highest BCUT2D eigenvalue weighted by Gasteiger charge is 2.11. The second kappa shape index (κ2) is 8.28. The Hall–Kier alpha value is -2.45. The standard InChI is InChI=1S/C26H25FS/c1-3-5-18-7-10-20(11-8-18)21-12-13-22-17-26(28-25(22)16-21)23-14-9-19(6-4-2)15-24(23)27/h7-17H,3-6H2,1-2H3. The normalized spacial score (nSPS) is 11.2. The molecule has 0 radical (unpaired) electrons. The maximum Gasteiger partial charge on any atom is 0.132 e. The predicted molar refractivity (Wildman–Crippen MR) is 121 cm³/mol. The van der Waals surface area contributed by atoms with E-state index in [9.17, 15) is 4.39 Å². The highest BCUT2D eigenvalue weighted by atomic mass is 32.1. The molecule has 0 bridgehead atoms. The minimum atomic E-state index is -0.121. The van der Waals surface area contributed by atoms with Crippen LogP contribution in [0.3, 0.4) is 0 Å². The van der Waals surface area contributed by atoms with Gasteiger partial charge in [-0.2, -0.15) is 0 Å². The number of fused-ring (bicyclic) bond motifs is 1. The Morgan fingerprint density at radius 2 is 1.39 bits per heavy atom. The Balaban J connectivity index is 1.67. The largest absolute Gasteiger partial charge is 0.206 e. The summed E-state index contributed by atoms with van der Waals surface area (Å²) in [7, 11) is 0. The Labute approximate surface area is 170 Å². The maximum atomic E-state index is 14.6. The van der Waals surface area contributed by atoms with Gasteiger partial charge in [-0.3, -0.25) is 0 Å². The summed E-state index contributed by atoms with van der Waals surface area (Å²) in [6.07, 6.45) is 4.24. The first-order valence-electron chi connectivity index (χ1n) is 10.1. The zero-order chi connectivity index (χ0) is 19.5. The SMILES string of the molecule is CCCc1ccc(-c2ccc3cc(-c4ccc(CCC)cc4F)sc3c2)cc1. The number of rotatable bonds is 6. The second-order valence-corrected chi connectivity index (χ2v) is 8.46. The van der Waals surface area contributed by atoms with Crippen molar-refractivity contribution in [1.29, 1.82) is 0 Å². The van der Waals surface area contributed by atoms with Crippen LogP contribution in [0.1, 0.15) is 37.8 Å². The van der Waals surface area contributed by atoms with Crippen molar-refractivity contribution in [3.8, 4) is 21.6 Å². The van der Waals surface area contributed by atoms with Gasteiger partial charge in [0.15, 0.2) is 0 Å². The number of thiophene rings is 1. The van der Waals surface area contributed by atoms with Crippen molar-refractivity contribution >= 4 is 21.4 Å². The van der Waals surface area contributed by atoms with E-state index < -0.39 is 0 Å². The molecule has 0 fully saturated rings. The molecule has 0 aliphatic carbocycles. The van der Waals surface area contributed by atoms with Crippen molar-refractivity contribution in [3.05, 3.63) is 83.7 Å². The molecule has 4 rings (SSSR count). The van der Waals surface area contributed by atoms with Crippen molar-refractivity contribution < 1.29 is 4.39 Å². The molecular weight excluding hydrogens is 363 g/mol. The Bertz CT molecular complexity index is 1090. The molecule has 1 aromatic heterocycles. The monoisotopic (exact) mass is 388 g/mol. The predicted octanol–water partition coefficient (Wildman–Crippen LogP) is 8.28. The van der Waals surface area contributed by atoms with Gasteiger partial charge in [0.05, 0.1) is 0 Å². The summed E-state index contributed by atoms with van der Waals surface area (Å²) in [6.45, 7) is 4.32. The first-order chi connectivity index (χ1) is 13.7. The number of benzene rings is 3. The van der Waals surface area contributed by atoms with Gasteiger partial charge in [0.25, 0.3) is 0 Å². The fourth-order valence-electron chi connectivity index (χ4n) is 3.70. The van der Waals surface area contributed by atoms with E-state index in [-0.39, 0.29) is 5.82 Å². The van der Waals surface area contributed by atoms with Crippen LogP contribution in [0.25, 0.3) is 31.7 Å². The Morgan fingerprint density at radius 3 is 2.11 bits per heavy atom. The van der Waals surface area contributed by atoms with Crippen LogP contribution >= 0.6 is 11.3 Å². The van der Waals surface area contributed by atoms with Crippen LogP contribution < -0.4 is 0 Å². The molecule has 142 valence electrons. The zero-order valence-electron chi connectivity index (χ0n) is 16.5. The molecule has 1 heterocycles. The summed E-state index contributed by atoms with van der Waals surface area (Å²) in [6, 6.07) is 23.1. The molecule has 2 heteroatoms. The fourth-order valence-corrected chi connectivity index (χ4v) is 4.83. The van der Waals surface area contributed by atoms with Crippen LogP contribution in [0.4, 0.5) is 4.39 Å². The van der Waals surface area contributed by atoms with E-state index in [4.69, 9.17) is 0 Å². The van der Waals surface area contributed by atoms with E-state index in [2.05, 4.69) is 68.4 Å². The average molecular weight is 389 g/mol. The summed E-state index contributed by atoms with van der Waals surface area (Å²) in [5, 5.41) is 1.17. The summed E-state index contributed by atoms with van der Waals surface area (Å²) in [4.78, 5) is 0.992. The lowest BCUT2D eigenvalue weighted by atomic mass is 10.0. The molecular formula is C26H25FS. The summed E-state index contributed by atoms with van der Waals surface area (Å²) in [5.41, 5.74) is 5.59. The van der Waals surface area contributed by atoms with Gasteiger partial charge in [-0.1, -0.05) is 75.2 Å². The third-order valence-corrected chi connectivity index (χ3v) is 6.31. The molecule has 0 atom stereocenters. The quantitative estimate of drug-likeness (QED) is 0.312. The molecule has 0 amide bonds. The van der Waals surface area contributed by atoms with Gasteiger partial charge in [0.1, 0.15) is 5.82 Å². The minimum absolute atomic E-state index is 0.121. The minimum Gasteiger partial charge on any atom is -0.206 e. The van der Waals surface area contributed by atoms with Crippen molar-refractivity contribution in [1.82, 2.24) is 0 Å². The molecule has 0 aliphatic heterocycles. The van der Waals surface area contributed by atoms with Crippen LogP contribution in [0, 0.1) is 5.82 Å².